The minimum atomic E-state index is -0.429. The molecule has 0 atom stereocenters. The number of fused-ring (bicyclic) bond motifs is 1. The Labute approximate surface area is 154 Å². The standard InChI is InChI=1S/C19H17N5O3/c1-27-16-3-2-9-24-18(16)22-17(15(11-25)19(24)26)21-13-4-6-14(7-5-13)23-10-8-20-12-23/h2-10,12,21,25H,11H2,1H3. The molecule has 1 aromatic carbocycles. The number of nitrogens with one attached hydrogen (secondary N) is 1. The molecule has 0 unspecified atom stereocenters. The lowest BCUT2D eigenvalue weighted by Crippen LogP contribution is -2.22. The minimum Gasteiger partial charge on any atom is -0.493 e. The van der Waals surface area contributed by atoms with Crippen molar-refractivity contribution in [2.75, 3.05) is 12.4 Å². The molecule has 0 aliphatic rings. The van der Waals surface area contributed by atoms with Gasteiger partial charge in [-0.1, -0.05) is 0 Å². The summed E-state index contributed by atoms with van der Waals surface area (Å²) in [5.41, 5.74) is 1.89. The van der Waals surface area contributed by atoms with Crippen LogP contribution in [0.3, 0.4) is 0 Å². The second kappa shape index (κ2) is 6.93. The highest BCUT2D eigenvalue weighted by Crippen LogP contribution is 2.23. The minimum absolute atomic E-state index is 0.180. The van der Waals surface area contributed by atoms with E-state index in [9.17, 15) is 9.90 Å². The van der Waals surface area contributed by atoms with Crippen LogP contribution >= 0.6 is 0 Å². The van der Waals surface area contributed by atoms with Crippen molar-refractivity contribution in [1.29, 1.82) is 0 Å². The molecule has 0 aliphatic heterocycles. The molecule has 4 rings (SSSR count). The number of anilines is 2. The first-order chi connectivity index (χ1) is 13.2. The van der Waals surface area contributed by atoms with E-state index in [0.717, 1.165) is 11.4 Å². The van der Waals surface area contributed by atoms with Crippen molar-refractivity contribution in [3.05, 3.63) is 77.2 Å². The quantitative estimate of drug-likeness (QED) is 0.564. The maximum atomic E-state index is 12.7. The van der Waals surface area contributed by atoms with Gasteiger partial charge in [-0.25, -0.2) is 9.97 Å². The number of nitrogens with zero attached hydrogens (tertiary/aromatic N) is 4. The third-order valence-electron chi connectivity index (χ3n) is 4.22. The Bertz CT molecular complexity index is 1130. The lowest BCUT2D eigenvalue weighted by Gasteiger charge is -2.13. The molecule has 27 heavy (non-hydrogen) atoms. The zero-order valence-corrected chi connectivity index (χ0v) is 14.5. The predicted octanol–water partition coefficient (Wildman–Crippen LogP) is 2.12. The number of rotatable bonds is 5. The normalized spacial score (nSPS) is 10.9. The van der Waals surface area contributed by atoms with Gasteiger partial charge in [0.15, 0.2) is 11.4 Å². The lowest BCUT2D eigenvalue weighted by atomic mass is 10.2. The van der Waals surface area contributed by atoms with Crippen LogP contribution < -0.4 is 15.6 Å². The van der Waals surface area contributed by atoms with Gasteiger partial charge >= 0.3 is 0 Å². The van der Waals surface area contributed by atoms with Gasteiger partial charge in [0.1, 0.15) is 5.82 Å². The first kappa shape index (κ1) is 16.8. The smallest absolute Gasteiger partial charge is 0.265 e. The molecule has 0 spiro atoms. The number of aromatic nitrogens is 4. The van der Waals surface area contributed by atoms with Crippen molar-refractivity contribution in [2.45, 2.75) is 6.61 Å². The second-order valence-electron chi connectivity index (χ2n) is 5.81. The van der Waals surface area contributed by atoms with Crippen molar-refractivity contribution >= 4 is 17.2 Å². The van der Waals surface area contributed by atoms with Crippen LogP contribution in [0.5, 0.6) is 5.75 Å². The number of hydrogen-bond donors (Lipinski definition) is 2. The van der Waals surface area contributed by atoms with Crippen molar-refractivity contribution in [3.8, 4) is 11.4 Å². The van der Waals surface area contributed by atoms with E-state index >= 15 is 0 Å². The number of hydrogen-bond acceptors (Lipinski definition) is 6. The van der Waals surface area contributed by atoms with E-state index in [1.807, 2.05) is 35.0 Å². The summed E-state index contributed by atoms with van der Waals surface area (Å²) in [6, 6.07) is 11.0. The summed E-state index contributed by atoms with van der Waals surface area (Å²) >= 11 is 0. The molecule has 8 nitrogen and oxygen atoms in total. The van der Waals surface area contributed by atoms with Gasteiger partial charge in [-0.15, -0.1) is 0 Å². The number of aliphatic hydroxyl groups is 1. The van der Waals surface area contributed by atoms with Gasteiger partial charge in [0.25, 0.3) is 5.56 Å². The first-order valence-electron chi connectivity index (χ1n) is 8.26. The third-order valence-corrected chi connectivity index (χ3v) is 4.22. The Balaban J connectivity index is 1.76. The third kappa shape index (κ3) is 3.02. The summed E-state index contributed by atoms with van der Waals surface area (Å²) in [6.07, 6.45) is 6.87. The Morgan fingerprint density at radius 1 is 1.19 bits per heavy atom. The summed E-state index contributed by atoms with van der Waals surface area (Å²) < 4.78 is 8.54. The summed E-state index contributed by atoms with van der Waals surface area (Å²) in [7, 11) is 1.52. The fraction of sp³-hybridized carbons (Fsp3) is 0.105. The van der Waals surface area contributed by atoms with Crippen LogP contribution in [0, 0.1) is 0 Å². The maximum absolute atomic E-state index is 12.7. The number of methoxy groups -OCH3 is 1. The van der Waals surface area contributed by atoms with Gasteiger partial charge in [0.2, 0.25) is 0 Å². The van der Waals surface area contributed by atoms with Crippen LogP contribution in [0.1, 0.15) is 5.56 Å². The van der Waals surface area contributed by atoms with E-state index in [0.29, 0.717) is 17.2 Å². The van der Waals surface area contributed by atoms with E-state index in [1.165, 1.54) is 11.5 Å². The molecule has 136 valence electrons. The highest BCUT2D eigenvalue weighted by atomic mass is 16.5. The van der Waals surface area contributed by atoms with Crippen LogP contribution in [-0.4, -0.2) is 31.2 Å². The molecular formula is C19H17N5O3. The summed E-state index contributed by atoms with van der Waals surface area (Å²) in [5, 5.41) is 12.8. The topological polar surface area (TPSA) is 93.7 Å². The van der Waals surface area contributed by atoms with E-state index in [2.05, 4.69) is 15.3 Å². The molecule has 0 aliphatic carbocycles. The molecule has 0 amide bonds. The first-order valence-corrected chi connectivity index (χ1v) is 8.26. The van der Waals surface area contributed by atoms with Gasteiger partial charge in [-0.2, -0.15) is 0 Å². The molecule has 0 saturated carbocycles. The fourth-order valence-corrected chi connectivity index (χ4v) is 2.84. The molecule has 3 heterocycles. The maximum Gasteiger partial charge on any atom is 0.265 e. The van der Waals surface area contributed by atoms with Crippen LogP contribution in [0.15, 0.2) is 66.1 Å². The molecule has 0 bridgehead atoms. The number of imidazole rings is 1. The highest BCUT2D eigenvalue weighted by Gasteiger charge is 2.14. The van der Waals surface area contributed by atoms with Gasteiger partial charge in [0.05, 0.1) is 25.6 Å². The van der Waals surface area contributed by atoms with Crippen molar-refractivity contribution in [1.82, 2.24) is 18.9 Å². The predicted molar refractivity (Wildman–Crippen MR) is 101 cm³/mol. The monoisotopic (exact) mass is 363 g/mol. The van der Waals surface area contributed by atoms with Gasteiger partial charge in [-0.3, -0.25) is 9.20 Å². The Morgan fingerprint density at radius 3 is 2.67 bits per heavy atom. The highest BCUT2D eigenvalue weighted by molar-refractivity contribution is 5.65. The van der Waals surface area contributed by atoms with Gasteiger partial charge in [-0.05, 0) is 36.4 Å². The largest absolute Gasteiger partial charge is 0.493 e. The van der Waals surface area contributed by atoms with Gasteiger partial charge < -0.3 is 19.7 Å². The second-order valence-corrected chi connectivity index (χ2v) is 5.81. The number of ether oxygens (including phenoxy) is 1. The molecule has 0 saturated heterocycles. The van der Waals surface area contributed by atoms with Crippen LogP contribution in [0.2, 0.25) is 0 Å². The average Bonchev–Trinajstić information content (AvgIpc) is 3.23. The Hall–Kier alpha value is -3.65. The number of aliphatic hydroxyl groups excluding tert-OH is 1. The summed E-state index contributed by atoms with van der Waals surface area (Å²) in [5.74, 6) is 0.764. The van der Waals surface area contributed by atoms with E-state index in [1.54, 1.807) is 30.9 Å². The Kier molecular flexibility index (Phi) is 4.31. The fourth-order valence-electron chi connectivity index (χ4n) is 2.84. The van der Waals surface area contributed by atoms with E-state index in [-0.39, 0.29) is 11.1 Å². The summed E-state index contributed by atoms with van der Waals surface area (Å²) in [4.78, 5) is 21.2. The van der Waals surface area contributed by atoms with Crippen molar-refractivity contribution < 1.29 is 9.84 Å². The lowest BCUT2D eigenvalue weighted by molar-refractivity contribution is 0.280. The van der Waals surface area contributed by atoms with Crippen LogP contribution in [-0.2, 0) is 6.61 Å². The molecule has 0 fully saturated rings. The van der Waals surface area contributed by atoms with Gasteiger partial charge in [0, 0.05) is 30.0 Å². The molecule has 3 aromatic heterocycles. The molecule has 0 radical (unpaired) electrons. The van der Waals surface area contributed by atoms with E-state index in [4.69, 9.17) is 4.74 Å². The zero-order valence-electron chi connectivity index (χ0n) is 14.5. The van der Waals surface area contributed by atoms with E-state index < -0.39 is 6.61 Å². The Morgan fingerprint density at radius 2 is 2.00 bits per heavy atom. The van der Waals surface area contributed by atoms with Crippen molar-refractivity contribution in [3.63, 3.8) is 0 Å². The zero-order chi connectivity index (χ0) is 18.8. The summed E-state index contributed by atoms with van der Waals surface area (Å²) in [6.45, 7) is -0.429. The van der Waals surface area contributed by atoms with Crippen LogP contribution in [0.4, 0.5) is 11.5 Å². The van der Waals surface area contributed by atoms with Crippen molar-refractivity contribution in [2.24, 2.45) is 0 Å². The SMILES string of the molecule is COc1cccn2c(=O)c(CO)c(Nc3ccc(-n4ccnc4)cc3)nc12. The number of benzene rings is 1. The molecule has 4 aromatic rings. The molecular weight excluding hydrogens is 346 g/mol. The average molecular weight is 363 g/mol. The van der Waals surface area contributed by atoms with Crippen LogP contribution in [0.25, 0.3) is 11.3 Å². The molecule has 8 heteroatoms. The molecule has 2 N–H and O–H groups in total. The number of pyridine rings is 1.